The molecule has 4 heteroatoms. The largest absolute Gasteiger partial charge is 0.508 e. The van der Waals surface area contributed by atoms with Crippen molar-refractivity contribution in [3.05, 3.63) is 81.9 Å². The van der Waals surface area contributed by atoms with Gasteiger partial charge in [-0.3, -0.25) is 0 Å². The Morgan fingerprint density at radius 3 is 2.34 bits per heavy atom. The van der Waals surface area contributed by atoms with Crippen LogP contribution in [0.2, 0.25) is 0 Å². The van der Waals surface area contributed by atoms with E-state index in [4.69, 9.17) is 10.3 Å². The molecule has 1 heterocycles. The lowest BCUT2D eigenvalue weighted by Gasteiger charge is -2.14. The Labute approximate surface area is 175 Å². The highest BCUT2D eigenvalue weighted by atomic mass is 16.5. The summed E-state index contributed by atoms with van der Waals surface area (Å²) in [5, 5.41) is 13.8. The lowest BCUT2D eigenvalue weighted by atomic mass is 9.91. The Morgan fingerprint density at radius 1 is 1.14 bits per heavy atom. The second-order valence-corrected chi connectivity index (χ2v) is 7.00. The molecule has 1 aromatic heterocycles. The molecule has 0 bridgehead atoms. The van der Waals surface area contributed by atoms with Gasteiger partial charge in [0.05, 0.1) is 0 Å². The maximum Gasteiger partial charge on any atom is 0.170 e. The monoisotopic (exact) mass is 396 g/mol. The van der Waals surface area contributed by atoms with Gasteiger partial charge in [-0.2, -0.15) is 0 Å². The molecule has 0 radical (unpaired) electrons. The molecule has 0 aliphatic rings. The van der Waals surface area contributed by atoms with Gasteiger partial charge in [0.2, 0.25) is 0 Å². The van der Waals surface area contributed by atoms with E-state index in [2.05, 4.69) is 64.1 Å². The van der Waals surface area contributed by atoms with Gasteiger partial charge in [0, 0.05) is 12.0 Å². The molecule has 0 fully saturated rings. The molecule has 3 N–H and O–H groups in total. The molecule has 1 aromatic rings. The number of anilines is 1. The van der Waals surface area contributed by atoms with Crippen molar-refractivity contribution >= 4 is 5.82 Å². The summed E-state index contributed by atoms with van der Waals surface area (Å²) in [7, 11) is 0. The van der Waals surface area contributed by atoms with Crippen LogP contribution in [0, 0.1) is 0 Å². The maximum atomic E-state index is 10.0. The number of rotatable bonds is 10. The Hall–Kier alpha value is -2.75. The zero-order valence-electron chi connectivity index (χ0n) is 18.7. The predicted octanol–water partition coefficient (Wildman–Crippen LogP) is 7.16. The third-order valence-corrected chi connectivity index (χ3v) is 4.97. The summed E-state index contributed by atoms with van der Waals surface area (Å²) in [4.78, 5) is 0. The van der Waals surface area contributed by atoms with E-state index in [1.165, 1.54) is 11.1 Å². The lowest BCUT2D eigenvalue weighted by molar-refractivity contribution is 0.422. The zero-order valence-corrected chi connectivity index (χ0v) is 18.7. The number of allylic oxidation sites excluding steroid dienone is 11. The van der Waals surface area contributed by atoms with Gasteiger partial charge in [-0.1, -0.05) is 50.2 Å². The molecule has 0 unspecified atom stereocenters. The SMILES string of the molecule is C\C=C(O)/C=C(CC)/C(C)=C(/C=C(CC)/C(C)=C/C=C\CC)Cc1conc1N. The van der Waals surface area contributed by atoms with E-state index in [0.29, 0.717) is 12.2 Å². The van der Waals surface area contributed by atoms with Crippen LogP contribution in [0.5, 0.6) is 0 Å². The van der Waals surface area contributed by atoms with Crippen LogP contribution in [0.3, 0.4) is 0 Å². The number of aliphatic hydroxyl groups excluding tert-OH is 1. The van der Waals surface area contributed by atoms with Crippen molar-refractivity contribution in [2.75, 3.05) is 5.73 Å². The summed E-state index contributed by atoms with van der Waals surface area (Å²) < 4.78 is 5.04. The van der Waals surface area contributed by atoms with Crippen molar-refractivity contribution in [3.8, 4) is 0 Å². The van der Waals surface area contributed by atoms with Crippen LogP contribution in [-0.2, 0) is 6.42 Å². The third kappa shape index (κ3) is 7.65. The van der Waals surface area contributed by atoms with Gasteiger partial charge >= 0.3 is 0 Å². The highest BCUT2D eigenvalue weighted by Crippen LogP contribution is 2.27. The van der Waals surface area contributed by atoms with Gasteiger partial charge in [0.1, 0.15) is 12.0 Å². The number of hydrogen-bond donors (Lipinski definition) is 2. The van der Waals surface area contributed by atoms with Gasteiger partial charge in [-0.05, 0) is 80.1 Å². The van der Waals surface area contributed by atoms with Crippen LogP contribution in [0.1, 0.15) is 66.4 Å². The average molecular weight is 397 g/mol. The van der Waals surface area contributed by atoms with Crippen LogP contribution in [0.15, 0.2) is 80.9 Å². The van der Waals surface area contributed by atoms with Gasteiger partial charge in [0.15, 0.2) is 5.82 Å². The van der Waals surface area contributed by atoms with Gasteiger partial charge in [-0.15, -0.1) is 0 Å². The first kappa shape index (κ1) is 24.3. The van der Waals surface area contributed by atoms with Crippen LogP contribution in [0.4, 0.5) is 5.82 Å². The van der Waals surface area contributed by atoms with E-state index < -0.39 is 0 Å². The van der Waals surface area contributed by atoms with Crippen molar-refractivity contribution in [3.63, 3.8) is 0 Å². The Kier molecular flexibility index (Phi) is 10.6. The Balaban J connectivity index is 3.54. The van der Waals surface area contributed by atoms with E-state index in [0.717, 1.165) is 41.5 Å². The second-order valence-electron chi connectivity index (χ2n) is 7.00. The summed E-state index contributed by atoms with van der Waals surface area (Å²) in [6, 6.07) is 0. The molecular formula is C25H36N2O2. The highest BCUT2D eigenvalue weighted by molar-refractivity contribution is 5.49. The molecular weight excluding hydrogens is 360 g/mol. The van der Waals surface area contributed by atoms with E-state index in [1.807, 2.05) is 13.0 Å². The molecule has 0 aromatic carbocycles. The van der Waals surface area contributed by atoms with Gasteiger partial charge in [-0.25, -0.2) is 0 Å². The fourth-order valence-corrected chi connectivity index (χ4v) is 3.00. The first-order chi connectivity index (χ1) is 13.9. The molecule has 0 saturated heterocycles. The van der Waals surface area contributed by atoms with Gasteiger partial charge < -0.3 is 15.4 Å². The minimum absolute atomic E-state index is 0.269. The summed E-state index contributed by atoms with van der Waals surface area (Å²) in [6.45, 7) is 12.4. The summed E-state index contributed by atoms with van der Waals surface area (Å²) in [6.07, 6.45) is 17.2. The fraction of sp³-hybridized carbons (Fsp3) is 0.400. The molecule has 0 atom stereocenters. The molecule has 0 amide bonds. The normalized spacial score (nSPS) is 15.2. The second kappa shape index (κ2) is 12.7. The predicted molar refractivity (Wildman–Crippen MR) is 124 cm³/mol. The highest BCUT2D eigenvalue weighted by Gasteiger charge is 2.12. The molecule has 1 rings (SSSR count). The summed E-state index contributed by atoms with van der Waals surface area (Å²) >= 11 is 0. The van der Waals surface area contributed by atoms with Crippen molar-refractivity contribution < 1.29 is 9.63 Å². The van der Waals surface area contributed by atoms with Crippen LogP contribution in [0.25, 0.3) is 0 Å². The number of nitrogen functional groups attached to an aromatic ring is 1. The molecule has 0 aliphatic carbocycles. The van der Waals surface area contributed by atoms with Crippen molar-refractivity contribution in [2.45, 2.75) is 67.2 Å². The number of aliphatic hydroxyl groups is 1. The lowest BCUT2D eigenvalue weighted by Crippen LogP contribution is -2.00. The number of nitrogens with two attached hydrogens (primary N) is 1. The smallest absolute Gasteiger partial charge is 0.170 e. The topological polar surface area (TPSA) is 72.3 Å². The maximum absolute atomic E-state index is 10.0. The van der Waals surface area contributed by atoms with Crippen molar-refractivity contribution in [1.82, 2.24) is 5.16 Å². The van der Waals surface area contributed by atoms with E-state index in [1.54, 1.807) is 12.3 Å². The standard InChI is InChI=1S/C25H36N2O2/c1-7-11-12-13-18(5)20(8-2)14-22(15-23-17-29-27-25(23)26)19(6)21(9-3)16-24(28)10-4/h10-14,16-17,28H,7-9,15H2,1-6H3,(H2,26,27)/b12-11-,18-13+,20-14+,21-16+,22-19-,24-10+. The molecule has 0 spiro atoms. The minimum atomic E-state index is 0.269. The molecule has 0 saturated carbocycles. The molecule has 29 heavy (non-hydrogen) atoms. The minimum Gasteiger partial charge on any atom is -0.508 e. The molecule has 0 aliphatic heterocycles. The summed E-state index contributed by atoms with van der Waals surface area (Å²) in [5.74, 6) is 0.684. The Morgan fingerprint density at radius 2 is 1.83 bits per heavy atom. The number of nitrogens with zero attached hydrogens (tertiary/aromatic N) is 1. The average Bonchev–Trinajstić information content (AvgIpc) is 3.12. The van der Waals surface area contributed by atoms with Gasteiger partial charge in [0.25, 0.3) is 0 Å². The van der Waals surface area contributed by atoms with Crippen molar-refractivity contribution in [2.24, 2.45) is 0 Å². The first-order valence-corrected chi connectivity index (χ1v) is 10.4. The zero-order chi connectivity index (χ0) is 21.8. The number of hydrogen-bond acceptors (Lipinski definition) is 4. The fourth-order valence-electron chi connectivity index (χ4n) is 3.00. The number of aromatic nitrogens is 1. The van der Waals surface area contributed by atoms with Crippen LogP contribution < -0.4 is 5.73 Å². The van der Waals surface area contributed by atoms with Crippen molar-refractivity contribution in [1.29, 1.82) is 0 Å². The van der Waals surface area contributed by atoms with Crippen LogP contribution in [-0.4, -0.2) is 10.3 Å². The quantitative estimate of drug-likeness (QED) is 0.325. The Bertz CT molecular complexity index is 846. The first-order valence-electron chi connectivity index (χ1n) is 10.4. The molecule has 158 valence electrons. The summed E-state index contributed by atoms with van der Waals surface area (Å²) in [5.41, 5.74) is 12.7. The van der Waals surface area contributed by atoms with Crippen LogP contribution >= 0.6 is 0 Å². The van der Waals surface area contributed by atoms with E-state index in [9.17, 15) is 5.11 Å². The van der Waals surface area contributed by atoms with E-state index >= 15 is 0 Å². The van der Waals surface area contributed by atoms with E-state index in [-0.39, 0.29) is 5.76 Å². The third-order valence-electron chi connectivity index (χ3n) is 4.97. The molecule has 4 nitrogen and oxygen atoms in total.